The summed E-state index contributed by atoms with van der Waals surface area (Å²) < 4.78 is 32.5. The third kappa shape index (κ3) is 4.82. The van der Waals surface area contributed by atoms with Crippen LogP contribution in [0.5, 0.6) is 0 Å². The number of aromatic nitrogens is 3. The predicted octanol–water partition coefficient (Wildman–Crippen LogP) is 7.14. The summed E-state index contributed by atoms with van der Waals surface area (Å²) in [5.74, 6) is 0.980. The van der Waals surface area contributed by atoms with Crippen LogP contribution in [0.2, 0.25) is 5.02 Å². The zero-order valence-electron chi connectivity index (χ0n) is 25.8. The average molecular weight is 623 g/mol. The van der Waals surface area contributed by atoms with Gasteiger partial charge in [-0.15, -0.1) is 0 Å². The molecule has 0 radical (unpaired) electrons. The third-order valence-electron chi connectivity index (χ3n) is 10.9. The first kappa shape index (κ1) is 29.7. The van der Waals surface area contributed by atoms with Gasteiger partial charge in [0.2, 0.25) is 0 Å². The second kappa shape index (κ2) is 11.1. The summed E-state index contributed by atoms with van der Waals surface area (Å²) in [6, 6.07) is 5.47. The monoisotopic (exact) mass is 622 g/mol. The molecule has 7 rings (SSSR count). The molecule has 234 valence electrons. The number of nitrogens with zero attached hydrogens (tertiary/aromatic N) is 4. The lowest BCUT2D eigenvalue weighted by molar-refractivity contribution is 0.0250. The maximum absolute atomic E-state index is 16.7. The summed E-state index contributed by atoms with van der Waals surface area (Å²) in [6.45, 7) is 9.76. The first-order valence-electron chi connectivity index (χ1n) is 16.1. The molecule has 0 bridgehead atoms. The Morgan fingerprint density at radius 3 is 2.45 bits per heavy atom. The maximum Gasteiger partial charge on any atom is 0.261 e. The van der Waals surface area contributed by atoms with E-state index in [1.807, 2.05) is 0 Å². The second-order valence-corrected chi connectivity index (χ2v) is 14.5. The van der Waals surface area contributed by atoms with Gasteiger partial charge in [0.25, 0.3) is 5.91 Å². The first-order valence-corrected chi connectivity index (χ1v) is 16.5. The standard InChI is InChI=1S/C34H41ClF2N6O/c1-18(2)19(3)23-14-39-41-32(23)43-17-34(4,25-9-6-10-26(35)28(25)36)27-24(33(43)44)13-38-31(29(27)37)40-22-15-42(16-22)30(21-11-12-21)20-7-5-8-20/h6,9-10,13-14,18-22,30H,5,7-8,11-12,15-17H2,1-4H3,(H,38,40)(H,39,41)/t19?,30?,34-/m1/s1. The van der Waals surface area contributed by atoms with Crippen molar-refractivity contribution in [1.82, 2.24) is 20.1 Å². The van der Waals surface area contributed by atoms with Crippen LogP contribution in [0.1, 0.15) is 92.8 Å². The first-order chi connectivity index (χ1) is 21.1. The van der Waals surface area contributed by atoms with E-state index in [4.69, 9.17) is 11.6 Å². The normalized spacial score (nSPS) is 24.2. The molecule has 3 fully saturated rings. The number of carbonyl (C=O) groups excluding carboxylic acids is 1. The van der Waals surface area contributed by atoms with Gasteiger partial charge < -0.3 is 5.32 Å². The molecule has 3 aromatic rings. The van der Waals surface area contributed by atoms with Crippen molar-refractivity contribution in [1.29, 1.82) is 0 Å². The average Bonchev–Trinajstić information content (AvgIpc) is 3.67. The summed E-state index contributed by atoms with van der Waals surface area (Å²) in [5.41, 5.74) is 0.0708. The van der Waals surface area contributed by atoms with Crippen molar-refractivity contribution in [2.24, 2.45) is 17.8 Å². The molecular weight excluding hydrogens is 582 g/mol. The third-order valence-corrected chi connectivity index (χ3v) is 11.2. The molecule has 44 heavy (non-hydrogen) atoms. The highest BCUT2D eigenvalue weighted by Crippen LogP contribution is 2.48. The maximum atomic E-state index is 16.7. The minimum atomic E-state index is -1.27. The Morgan fingerprint density at radius 1 is 1.07 bits per heavy atom. The molecule has 2 N–H and O–H groups in total. The van der Waals surface area contributed by atoms with Crippen LogP contribution in [0.25, 0.3) is 0 Å². The summed E-state index contributed by atoms with van der Waals surface area (Å²) in [5, 5.41) is 10.5. The molecule has 3 atom stereocenters. The van der Waals surface area contributed by atoms with Crippen LogP contribution in [0.4, 0.5) is 20.4 Å². The predicted molar refractivity (Wildman–Crippen MR) is 168 cm³/mol. The van der Waals surface area contributed by atoms with Gasteiger partial charge in [0.05, 0.1) is 22.8 Å². The van der Waals surface area contributed by atoms with Gasteiger partial charge in [0.15, 0.2) is 11.6 Å². The fourth-order valence-corrected chi connectivity index (χ4v) is 7.84. The second-order valence-electron chi connectivity index (χ2n) is 14.1. The van der Waals surface area contributed by atoms with E-state index in [9.17, 15) is 4.79 Å². The van der Waals surface area contributed by atoms with Gasteiger partial charge in [-0.3, -0.25) is 19.7 Å². The number of carbonyl (C=O) groups is 1. The number of pyridine rings is 1. The number of hydrogen-bond donors (Lipinski definition) is 2. The number of fused-ring (bicyclic) bond motifs is 1. The molecule has 2 unspecified atom stereocenters. The molecule has 1 saturated heterocycles. The Morgan fingerprint density at radius 2 is 1.80 bits per heavy atom. The molecule has 2 aliphatic carbocycles. The van der Waals surface area contributed by atoms with Gasteiger partial charge in [0, 0.05) is 54.0 Å². The quantitative estimate of drug-likeness (QED) is 0.265. The van der Waals surface area contributed by atoms with Crippen LogP contribution in [0.3, 0.4) is 0 Å². The summed E-state index contributed by atoms with van der Waals surface area (Å²) in [7, 11) is 0. The van der Waals surface area contributed by atoms with Crippen LogP contribution in [0.15, 0.2) is 30.6 Å². The number of likely N-dealkylation sites (tertiary alicyclic amines) is 1. The fourth-order valence-electron chi connectivity index (χ4n) is 7.67. The Balaban J connectivity index is 1.24. The van der Waals surface area contributed by atoms with E-state index in [2.05, 4.69) is 46.2 Å². The van der Waals surface area contributed by atoms with E-state index in [1.165, 1.54) is 44.4 Å². The number of benzene rings is 1. The van der Waals surface area contributed by atoms with Crippen LogP contribution in [-0.2, 0) is 5.41 Å². The number of nitrogens with one attached hydrogen (secondary N) is 2. The van der Waals surface area contributed by atoms with Gasteiger partial charge >= 0.3 is 0 Å². The minimum Gasteiger partial charge on any atom is -0.362 e. The van der Waals surface area contributed by atoms with Crippen LogP contribution in [0, 0.1) is 29.4 Å². The number of anilines is 2. The highest BCUT2D eigenvalue weighted by molar-refractivity contribution is 6.30. The lowest BCUT2D eigenvalue weighted by Crippen LogP contribution is -2.61. The zero-order chi connectivity index (χ0) is 30.9. The molecule has 1 aromatic carbocycles. The molecule has 2 saturated carbocycles. The van der Waals surface area contributed by atoms with E-state index in [-0.39, 0.29) is 46.0 Å². The van der Waals surface area contributed by atoms with Crippen molar-refractivity contribution in [2.75, 3.05) is 29.9 Å². The zero-order valence-corrected chi connectivity index (χ0v) is 26.6. The number of halogens is 3. The van der Waals surface area contributed by atoms with Crippen LogP contribution >= 0.6 is 11.6 Å². The summed E-state index contributed by atoms with van der Waals surface area (Å²) >= 11 is 6.26. The Hall–Kier alpha value is -3.04. The van der Waals surface area contributed by atoms with Crippen molar-refractivity contribution >= 4 is 29.1 Å². The molecule has 1 amide bonds. The molecule has 7 nitrogen and oxygen atoms in total. The number of amides is 1. The Kier molecular flexibility index (Phi) is 7.47. The van der Waals surface area contributed by atoms with Crippen molar-refractivity contribution in [3.05, 3.63) is 69.5 Å². The number of aromatic amines is 1. The smallest absolute Gasteiger partial charge is 0.261 e. The number of hydrogen-bond acceptors (Lipinski definition) is 5. The molecule has 0 spiro atoms. The highest BCUT2D eigenvalue weighted by Gasteiger charge is 2.49. The lowest BCUT2D eigenvalue weighted by Gasteiger charge is -2.50. The van der Waals surface area contributed by atoms with Crippen molar-refractivity contribution in [2.45, 2.75) is 83.2 Å². The van der Waals surface area contributed by atoms with Crippen molar-refractivity contribution in [3.8, 4) is 0 Å². The van der Waals surface area contributed by atoms with Crippen LogP contribution < -0.4 is 10.2 Å². The van der Waals surface area contributed by atoms with Gasteiger partial charge in [-0.2, -0.15) is 5.10 Å². The van der Waals surface area contributed by atoms with E-state index in [0.29, 0.717) is 17.8 Å². The number of H-pyrrole nitrogens is 1. The summed E-state index contributed by atoms with van der Waals surface area (Å²) in [6.07, 6.45) is 9.76. The molecule has 4 aliphatic rings. The molecule has 4 heterocycles. The minimum absolute atomic E-state index is 0.00184. The van der Waals surface area contributed by atoms with Crippen LogP contribution in [-0.4, -0.2) is 57.7 Å². The van der Waals surface area contributed by atoms with E-state index < -0.39 is 23.0 Å². The topological polar surface area (TPSA) is 77.2 Å². The van der Waals surface area contributed by atoms with E-state index in [0.717, 1.165) is 30.5 Å². The summed E-state index contributed by atoms with van der Waals surface area (Å²) in [4.78, 5) is 22.7. The van der Waals surface area contributed by atoms with Gasteiger partial charge in [0.1, 0.15) is 11.6 Å². The fraction of sp³-hybridized carbons (Fsp3) is 0.559. The van der Waals surface area contributed by atoms with Gasteiger partial charge in [-0.05, 0) is 62.3 Å². The lowest BCUT2D eigenvalue weighted by atomic mass is 9.71. The van der Waals surface area contributed by atoms with Gasteiger partial charge in [-0.25, -0.2) is 13.8 Å². The highest BCUT2D eigenvalue weighted by atomic mass is 35.5. The van der Waals surface area contributed by atoms with E-state index in [1.54, 1.807) is 30.2 Å². The SMILES string of the molecule is CC(C)C(C)c1cn[nH]c1N1C[C@](C)(c2cccc(Cl)c2F)c2c(cnc(NC3CN(C(C4CCC4)C4CC4)C3)c2F)C1=O. The molecule has 2 aliphatic heterocycles. The Labute approximate surface area is 262 Å². The largest absolute Gasteiger partial charge is 0.362 e. The number of rotatable bonds is 9. The van der Waals surface area contributed by atoms with Gasteiger partial charge in [-0.1, -0.05) is 50.9 Å². The van der Waals surface area contributed by atoms with Crippen molar-refractivity contribution in [3.63, 3.8) is 0 Å². The molecule has 10 heteroatoms. The van der Waals surface area contributed by atoms with Crippen molar-refractivity contribution < 1.29 is 13.6 Å². The molecular formula is C34H41ClF2N6O. The van der Waals surface area contributed by atoms with E-state index >= 15 is 8.78 Å². The Bertz CT molecular complexity index is 1580. The molecule has 2 aromatic heterocycles.